The van der Waals surface area contributed by atoms with Gasteiger partial charge in [-0.25, -0.2) is 0 Å². The van der Waals surface area contributed by atoms with E-state index in [9.17, 15) is 0 Å². The van der Waals surface area contributed by atoms with E-state index in [2.05, 4.69) is 47.0 Å². The number of hydrogen-bond donors (Lipinski definition) is 1. The van der Waals surface area contributed by atoms with Crippen molar-refractivity contribution < 1.29 is 0 Å². The lowest BCUT2D eigenvalue weighted by molar-refractivity contribution is 1.70. The molecule has 2 rings (SSSR count). The van der Waals surface area contributed by atoms with E-state index in [0.29, 0.717) is 0 Å². The highest BCUT2D eigenvalue weighted by atomic mass is 127. The number of rotatable bonds is 1. The van der Waals surface area contributed by atoms with Crippen LogP contribution in [0.25, 0.3) is 10.1 Å². The molecular formula is C9H8INS2. The van der Waals surface area contributed by atoms with Gasteiger partial charge >= 0.3 is 0 Å². The maximum Gasteiger partial charge on any atom is 0.0609 e. The quantitative estimate of drug-likeness (QED) is 0.491. The predicted octanol–water partition coefficient (Wildman–Crippen LogP) is 3.81. The number of benzene rings is 1. The molecule has 0 fully saturated rings. The minimum absolute atomic E-state index is 0.912. The van der Waals surface area contributed by atoms with Crippen molar-refractivity contribution in [1.82, 2.24) is 0 Å². The van der Waals surface area contributed by atoms with Gasteiger partial charge in [0, 0.05) is 13.7 Å². The van der Waals surface area contributed by atoms with E-state index >= 15 is 0 Å². The minimum Gasteiger partial charge on any atom is -0.397 e. The number of anilines is 1. The van der Waals surface area contributed by atoms with Gasteiger partial charge in [-0.1, -0.05) is 0 Å². The van der Waals surface area contributed by atoms with Crippen LogP contribution in [0.1, 0.15) is 0 Å². The molecule has 0 spiro atoms. The van der Waals surface area contributed by atoms with Crippen LogP contribution in [-0.2, 0) is 0 Å². The first-order chi connectivity index (χ1) is 6.22. The van der Waals surface area contributed by atoms with Gasteiger partial charge in [-0.15, -0.1) is 23.1 Å². The number of halogens is 1. The third-order valence-electron chi connectivity index (χ3n) is 1.87. The second-order valence-corrected chi connectivity index (χ2v) is 5.99. The molecule has 0 atom stereocenters. The average Bonchev–Trinajstić information content (AvgIpc) is 2.55. The van der Waals surface area contributed by atoms with Gasteiger partial charge in [0.05, 0.1) is 9.90 Å². The van der Waals surface area contributed by atoms with Crippen molar-refractivity contribution in [3.05, 3.63) is 21.8 Å². The number of thiophene rings is 1. The van der Waals surface area contributed by atoms with Crippen LogP contribution in [0.3, 0.4) is 0 Å². The van der Waals surface area contributed by atoms with Crippen LogP contribution in [0.4, 0.5) is 5.69 Å². The van der Waals surface area contributed by atoms with Crippen molar-refractivity contribution in [2.24, 2.45) is 0 Å². The van der Waals surface area contributed by atoms with E-state index in [1.807, 2.05) is 0 Å². The van der Waals surface area contributed by atoms with Gasteiger partial charge in [0.25, 0.3) is 0 Å². The molecule has 13 heavy (non-hydrogen) atoms. The summed E-state index contributed by atoms with van der Waals surface area (Å²) in [6.07, 6.45) is 2.09. The molecule has 0 radical (unpaired) electrons. The molecule has 0 aliphatic rings. The fraction of sp³-hybridized carbons (Fsp3) is 0.111. The van der Waals surface area contributed by atoms with Crippen molar-refractivity contribution >= 4 is 61.5 Å². The Bertz CT molecular complexity index is 450. The summed E-state index contributed by atoms with van der Waals surface area (Å²) in [7, 11) is 0. The lowest BCUT2D eigenvalue weighted by Gasteiger charge is -1.97. The molecule has 0 amide bonds. The zero-order valence-electron chi connectivity index (χ0n) is 7.00. The zero-order chi connectivity index (χ0) is 9.42. The summed E-state index contributed by atoms with van der Waals surface area (Å²) >= 11 is 5.84. The van der Waals surface area contributed by atoms with Crippen LogP contribution in [0.2, 0.25) is 0 Å². The van der Waals surface area contributed by atoms with Gasteiger partial charge in [-0.3, -0.25) is 0 Å². The van der Waals surface area contributed by atoms with Gasteiger partial charge in [0.15, 0.2) is 0 Å². The van der Waals surface area contributed by atoms with E-state index < -0.39 is 0 Å². The monoisotopic (exact) mass is 321 g/mol. The summed E-state index contributed by atoms with van der Waals surface area (Å²) in [6, 6.07) is 6.37. The fourth-order valence-electron chi connectivity index (χ4n) is 1.18. The summed E-state index contributed by atoms with van der Waals surface area (Å²) in [4.78, 5) is 0. The van der Waals surface area contributed by atoms with Crippen LogP contribution >= 0.6 is 45.7 Å². The van der Waals surface area contributed by atoms with E-state index in [0.717, 1.165) is 9.26 Å². The topological polar surface area (TPSA) is 26.0 Å². The Hall–Kier alpha value is 0.0600. The molecule has 0 unspecified atom stereocenters. The van der Waals surface area contributed by atoms with Crippen molar-refractivity contribution in [3.8, 4) is 0 Å². The number of nitrogen functional groups attached to an aromatic ring is 1. The van der Waals surface area contributed by atoms with E-state index in [4.69, 9.17) is 5.73 Å². The Morgan fingerprint density at radius 3 is 2.92 bits per heavy atom. The number of hydrogen-bond acceptors (Lipinski definition) is 3. The highest BCUT2D eigenvalue weighted by molar-refractivity contribution is 14.1. The maximum absolute atomic E-state index is 5.98. The van der Waals surface area contributed by atoms with Crippen LogP contribution in [0.5, 0.6) is 0 Å². The molecule has 1 heterocycles. The molecular weight excluding hydrogens is 313 g/mol. The van der Waals surface area contributed by atoms with Crippen LogP contribution in [-0.4, -0.2) is 6.26 Å². The van der Waals surface area contributed by atoms with Gasteiger partial charge in [-0.05, 0) is 47.0 Å². The molecule has 68 valence electrons. The standard InChI is InChI=1S/C9H8INS2/c1-12-8-4-5-7(13-8)3-2-6(10)9(5)11/h2-4H,11H2,1H3. The Labute approximate surface area is 98.8 Å². The molecule has 2 N–H and O–H groups in total. The highest BCUT2D eigenvalue weighted by Crippen LogP contribution is 2.36. The molecule has 1 aromatic heterocycles. The van der Waals surface area contributed by atoms with Gasteiger partial charge < -0.3 is 5.73 Å². The molecule has 0 aliphatic carbocycles. The Kier molecular flexibility index (Phi) is 2.71. The largest absolute Gasteiger partial charge is 0.397 e. The van der Waals surface area contributed by atoms with E-state index in [-0.39, 0.29) is 0 Å². The molecule has 1 nitrogen and oxygen atoms in total. The van der Waals surface area contributed by atoms with Gasteiger partial charge in [0.1, 0.15) is 0 Å². The SMILES string of the molecule is CSc1cc2c(N)c(I)ccc2s1. The van der Waals surface area contributed by atoms with Crippen molar-refractivity contribution in [2.75, 3.05) is 12.0 Å². The van der Waals surface area contributed by atoms with E-state index in [1.54, 1.807) is 23.1 Å². The lowest BCUT2D eigenvalue weighted by Crippen LogP contribution is -1.88. The number of thioether (sulfide) groups is 1. The second kappa shape index (κ2) is 3.67. The fourth-order valence-corrected chi connectivity index (χ4v) is 3.30. The highest BCUT2D eigenvalue weighted by Gasteiger charge is 2.05. The second-order valence-electron chi connectivity index (χ2n) is 2.64. The average molecular weight is 321 g/mol. The first-order valence-electron chi connectivity index (χ1n) is 3.74. The Morgan fingerprint density at radius 2 is 2.23 bits per heavy atom. The normalized spacial score (nSPS) is 10.9. The van der Waals surface area contributed by atoms with Crippen molar-refractivity contribution in [3.63, 3.8) is 0 Å². The first-order valence-corrected chi connectivity index (χ1v) is 6.86. The molecule has 1 aromatic carbocycles. The molecule has 0 aliphatic heterocycles. The number of nitrogens with two attached hydrogens (primary N) is 1. The van der Waals surface area contributed by atoms with Crippen molar-refractivity contribution in [1.29, 1.82) is 0 Å². The Morgan fingerprint density at radius 1 is 1.46 bits per heavy atom. The third-order valence-corrected chi connectivity index (χ3v) is 4.97. The van der Waals surface area contributed by atoms with Crippen LogP contribution < -0.4 is 5.73 Å². The first kappa shape index (κ1) is 9.61. The molecule has 0 bridgehead atoms. The Balaban J connectivity index is 2.76. The number of fused-ring (bicyclic) bond motifs is 1. The van der Waals surface area contributed by atoms with Gasteiger partial charge in [-0.2, -0.15) is 0 Å². The minimum atomic E-state index is 0.912. The summed E-state index contributed by atoms with van der Waals surface area (Å²) in [6.45, 7) is 0. The molecule has 0 saturated carbocycles. The maximum atomic E-state index is 5.98. The van der Waals surface area contributed by atoms with Crippen molar-refractivity contribution in [2.45, 2.75) is 4.21 Å². The summed E-state index contributed by atoms with van der Waals surface area (Å²) in [5, 5.41) is 1.20. The van der Waals surface area contributed by atoms with Gasteiger partial charge in [0.2, 0.25) is 0 Å². The summed E-state index contributed by atoms with van der Waals surface area (Å²) < 4.78 is 3.74. The van der Waals surface area contributed by atoms with E-state index in [1.165, 1.54) is 14.3 Å². The predicted molar refractivity (Wildman–Crippen MR) is 70.7 cm³/mol. The molecule has 2 aromatic rings. The van der Waals surface area contributed by atoms with Crippen LogP contribution in [0.15, 0.2) is 22.4 Å². The smallest absolute Gasteiger partial charge is 0.0609 e. The molecule has 0 saturated heterocycles. The molecule has 4 heteroatoms. The zero-order valence-corrected chi connectivity index (χ0v) is 10.8. The van der Waals surface area contributed by atoms with Crippen LogP contribution in [0, 0.1) is 3.57 Å². The summed E-state index contributed by atoms with van der Waals surface area (Å²) in [5.41, 5.74) is 6.89. The third kappa shape index (κ3) is 1.67. The lowest BCUT2D eigenvalue weighted by atomic mass is 10.2. The summed E-state index contributed by atoms with van der Waals surface area (Å²) in [5.74, 6) is 0.